The van der Waals surface area contributed by atoms with E-state index in [9.17, 15) is 14.9 Å². The molecule has 132 valence electrons. The molecule has 2 aromatic rings. The molecule has 1 amide bonds. The summed E-state index contributed by atoms with van der Waals surface area (Å²) in [6, 6.07) is 11.8. The highest BCUT2D eigenvalue weighted by Gasteiger charge is 2.17. The van der Waals surface area contributed by atoms with Gasteiger partial charge in [-0.3, -0.25) is 14.9 Å². The van der Waals surface area contributed by atoms with Crippen LogP contribution in [0.15, 0.2) is 42.5 Å². The molecule has 25 heavy (non-hydrogen) atoms. The van der Waals surface area contributed by atoms with Crippen molar-refractivity contribution >= 4 is 17.3 Å². The first kappa shape index (κ1) is 18.3. The number of methoxy groups -OCH3 is 1. The van der Waals surface area contributed by atoms with Gasteiger partial charge in [0, 0.05) is 6.42 Å². The molecule has 7 heteroatoms. The Hall–Kier alpha value is -3.09. The van der Waals surface area contributed by atoms with Gasteiger partial charge in [0.2, 0.25) is 5.91 Å². The molecule has 0 fully saturated rings. The number of ether oxygens (including phenoxy) is 2. The summed E-state index contributed by atoms with van der Waals surface area (Å²) in [6.07, 6.45) is 0.747. The van der Waals surface area contributed by atoms with Gasteiger partial charge in [-0.05, 0) is 43.2 Å². The molecule has 0 spiro atoms. The van der Waals surface area contributed by atoms with Crippen LogP contribution < -0.4 is 14.8 Å². The van der Waals surface area contributed by atoms with Gasteiger partial charge in [-0.2, -0.15) is 0 Å². The minimum atomic E-state index is -0.540. The first-order valence-corrected chi connectivity index (χ1v) is 7.87. The van der Waals surface area contributed by atoms with Crippen molar-refractivity contribution < 1.29 is 19.2 Å². The maximum absolute atomic E-state index is 12.1. The maximum Gasteiger partial charge on any atom is 0.296 e. The first-order valence-electron chi connectivity index (χ1n) is 7.87. The molecular formula is C18H20N2O5. The van der Waals surface area contributed by atoms with E-state index in [2.05, 4.69) is 5.32 Å². The van der Waals surface area contributed by atoms with Crippen molar-refractivity contribution in [3.8, 4) is 11.5 Å². The van der Waals surface area contributed by atoms with Gasteiger partial charge in [-0.25, -0.2) is 0 Å². The lowest BCUT2D eigenvalue weighted by Gasteiger charge is -2.08. The smallest absolute Gasteiger partial charge is 0.296 e. The number of benzene rings is 2. The Kier molecular flexibility index (Phi) is 6.33. The van der Waals surface area contributed by atoms with E-state index in [1.165, 1.54) is 12.1 Å². The van der Waals surface area contributed by atoms with Crippen LogP contribution in [-0.2, 0) is 11.2 Å². The first-order chi connectivity index (χ1) is 12.0. The lowest BCUT2D eigenvalue weighted by atomic mass is 10.1. The molecule has 2 aromatic carbocycles. The molecule has 0 radical (unpaired) electrons. The summed E-state index contributed by atoms with van der Waals surface area (Å²) in [4.78, 5) is 22.8. The van der Waals surface area contributed by atoms with E-state index in [0.29, 0.717) is 18.8 Å². The van der Waals surface area contributed by atoms with E-state index < -0.39 is 4.92 Å². The predicted molar refractivity (Wildman–Crippen MR) is 94.2 cm³/mol. The Morgan fingerprint density at radius 2 is 1.84 bits per heavy atom. The Labute approximate surface area is 145 Å². The molecule has 0 aromatic heterocycles. The van der Waals surface area contributed by atoms with Crippen molar-refractivity contribution in [2.24, 2.45) is 0 Å². The van der Waals surface area contributed by atoms with Crippen LogP contribution in [0, 0.1) is 10.1 Å². The van der Waals surface area contributed by atoms with E-state index in [4.69, 9.17) is 9.47 Å². The summed E-state index contributed by atoms with van der Waals surface area (Å²) in [5.41, 5.74) is 0.953. The molecule has 0 heterocycles. The number of rotatable bonds is 8. The topological polar surface area (TPSA) is 90.7 Å². The highest BCUT2D eigenvalue weighted by molar-refractivity contribution is 5.93. The molecule has 0 atom stereocenters. The van der Waals surface area contributed by atoms with Crippen molar-refractivity contribution in [3.05, 3.63) is 58.1 Å². The van der Waals surface area contributed by atoms with Crippen LogP contribution in [0.4, 0.5) is 11.4 Å². The van der Waals surface area contributed by atoms with Gasteiger partial charge in [0.15, 0.2) is 0 Å². The van der Waals surface area contributed by atoms with E-state index >= 15 is 0 Å². The predicted octanol–water partition coefficient (Wildman–Crippen LogP) is 3.57. The average Bonchev–Trinajstić information content (AvgIpc) is 2.61. The minimum absolute atomic E-state index is 0.160. The fraction of sp³-hybridized carbons (Fsp3) is 0.278. The Morgan fingerprint density at radius 1 is 1.16 bits per heavy atom. The van der Waals surface area contributed by atoms with Crippen molar-refractivity contribution in [3.63, 3.8) is 0 Å². The number of aryl methyl sites for hydroxylation is 1. The molecule has 2 rings (SSSR count). The van der Waals surface area contributed by atoms with Gasteiger partial charge in [0.25, 0.3) is 5.69 Å². The zero-order valence-electron chi connectivity index (χ0n) is 14.2. The van der Waals surface area contributed by atoms with E-state index in [1.807, 2.05) is 24.3 Å². The Balaban J connectivity index is 2.00. The summed E-state index contributed by atoms with van der Waals surface area (Å²) >= 11 is 0. The lowest BCUT2D eigenvalue weighted by molar-refractivity contribution is -0.384. The molecule has 0 unspecified atom stereocenters. The third kappa shape index (κ3) is 5.20. The normalized spacial score (nSPS) is 10.2. The second-order valence-corrected chi connectivity index (χ2v) is 5.27. The molecule has 0 aliphatic rings. The Bertz CT molecular complexity index is 744. The quantitative estimate of drug-likeness (QED) is 0.584. The van der Waals surface area contributed by atoms with Crippen LogP contribution in [0.5, 0.6) is 11.5 Å². The highest BCUT2D eigenvalue weighted by Crippen LogP contribution is 2.29. The fourth-order valence-electron chi connectivity index (χ4n) is 2.29. The van der Waals surface area contributed by atoms with Crippen molar-refractivity contribution in [1.29, 1.82) is 0 Å². The lowest BCUT2D eigenvalue weighted by Crippen LogP contribution is -2.13. The number of nitro groups is 1. The van der Waals surface area contributed by atoms with Gasteiger partial charge >= 0.3 is 0 Å². The van der Waals surface area contributed by atoms with E-state index in [-0.39, 0.29) is 23.7 Å². The monoisotopic (exact) mass is 344 g/mol. The SMILES string of the molecule is CCOc1ccc(NC(=O)CCc2ccc(OC)cc2)c([N+](=O)[O-])c1. The molecule has 7 nitrogen and oxygen atoms in total. The summed E-state index contributed by atoms with van der Waals surface area (Å²) in [5, 5.41) is 13.8. The van der Waals surface area contributed by atoms with Crippen LogP contribution in [0.3, 0.4) is 0 Å². The number of nitrogens with one attached hydrogen (secondary N) is 1. The van der Waals surface area contributed by atoms with Gasteiger partial charge < -0.3 is 14.8 Å². The van der Waals surface area contributed by atoms with Gasteiger partial charge in [0.05, 0.1) is 24.7 Å². The summed E-state index contributed by atoms with van der Waals surface area (Å²) in [7, 11) is 1.59. The van der Waals surface area contributed by atoms with Crippen molar-refractivity contribution in [2.45, 2.75) is 19.8 Å². The summed E-state index contributed by atoms with van der Waals surface area (Å²) in [5.74, 6) is 0.853. The van der Waals surface area contributed by atoms with Gasteiger partial charge in [0.1, 0.15) is 17.2 Å². The molecule has 1 N–H and O–H groups in total. The van der Waals surface area contributed by atoms with Crippen LogP contribution in [0.2, 0.25) is 0 Å². The summed E-state index contributed by atoms with van der Waals surface area (Å²) < 4.78 is 10.3. The van der Waals surface area contributed by atoms with Crippen LogP contribution in [-0.4, -0.2) is 24.5 Å². The number of hydrogen-bond donors (Lipinski definition) is 1. The van der Waals surface area contributed by atoms with E-state index in [0.717, 1.165) is 11.3 Å². The van der Waals surface area contributed by atoms with E-state index in [1.54, 1.807) is 20.1 Å². The fourth-order valence-corrected chi connectivity index (χ4v) is 2.29. The van der Waals surface area contributed by atoms with Crippen LogP contribution in [0.1, 0.15) is 18.9 Å². The third-order valence-corrected chi connectivity index (χ3v) is 3.55. The van der Waals surface area contributed by atoms with Crippen molar-refractivity contribution in [1.82, 2.24) is 0 Å². The number of nitrogens with zero attached hydrogens (tertiary/aromatic N) is 1. The second-order valence-electron chi connectivity index (χ2n) is 5.27. The van der Waals surface area contributed by atoms with Crippen molar-refractivity contribution in [2.75, 3.05) is 19.0 Å². The molecule has 0 bridgehead atoms. The van der Waals surface area contributed by atoms with Crippen LogP contribution >= 0.6 is 0 Å². The van der Waals surface area contributed by atoms with Crippen LogP contribution in [0.25, 0.3) is 0 Å². The second kappa shape index (κ2) is 8.68. The number of amides is 1. The number of nitro benzene ring substituents is 1. The molecule has 0 saturated carbocycles. The molecular weight excluding hydrogens is 324 g/mol. The molecule has 0 saturated heterocycles. The number of carbonyl (C=O) groups excluding carboxylic acids is 1. The minimum Gasteiger partial charge on any atom is -0.497 e. The maximum atomic E-state index is 12.1. The average molecular weight is 344 g/mol. The Morgan fingerprint density at radius 3 is 2.44 bits per heavy atom. The standard InChI is InChI=1S/C18H20N2O5/c1-3-25-15-9-10-16(17(12-15)20(22)23)19-18(21)11-6-13-4-7-14(24-2)8-5-13/h4-5,7-10,12H,3,6,11H2,1-2H3,(H,19,21). The van der Waals surface area contributed by atoms with Gasteiger partial charge in [-0.15, -0.1) is 0 Å². The van der Waals surface area contributed by atoms with Gasteiger partial charge in [-0.1, -0.05) is 12.1 Å². The largest absolute Gasteiger partial charge is 0.497 e. The zero-order valence-corrected chi connectivity index (χ0v) is 14.2. The highest BCUT2D eigenvalue weighted by atomic mass is 16.6. The molecule has 0 aliphatic heterocycles. The number of carbonyl (C=O) groups is 1. The number of anilines is 1. The number of hydrogen-bond acceptors (Lipinski definition) is 5. The summed E-state index contributed by atoms with van der Waals surface area (Å²) in [6.45, 7) is 2.20. The third-order valence-electron chi connectivity index (χ3n) is 3.55. The zero-order chi connectivity index (χ0) is 18.2. The molecule has 0 aliphatic carbocycles.